The van der Waals surface area contributed by atoms with Gasteiger partial charge in [0, 0.05) is 33.1 Å². The lowest BCUT2D eigenvalue weighted by atomic mass is 10.1. The minimum Gasteiger partial charge on any atom is -0.353 e. The Labute approximate surface area is 185 Å². The van der Waals surface area contributed by atoms with Gasteiger partial charge in [-0.1, -0.05) is 25.1 Å². The molecule has 0 bridgehead atoms. The molecule has 0 atom stereocenters. The van der Waals surface area contributed by atoms with Crippen molar-refractivity contribution in [3.8, 4) is 0 Å². The molecule has 29 heavy (non-hydrogen) atoms. The number of hydrogen-bond acceptors (Lipinski definition) is 3. The maximum atomic E-state index is 12.7. The summed E-state index contributed by atoms with van der Waals surface area (Å²) in [5, 5.41) is 11.1. The monoisotopic (exact) mass is 522 g/mol. The first-order valence-corrected chi connectivity index (χ1v) is 8.98. The first-order chi connectivity index (χ1) is 13.3. The van der Waals surface area contributed by atoms with Gasteiger partial charge in [-0.3, -0.25) is 4.99 Å². The van der Waals surface area contributed by atoms with E-state index in [1.165, 1.54) is 12.1 Å². The fourth-order valence-corrected chi connectivity index (χ4v) is 2.63. The number of halogens is 4. The molecule has 0 fully saturated rings. The summed E-state index contributed by atoms with van der Waals surface area (Å²) in [6.45, 7) is 7.82. The Morgan fingerprint density at radius 1 is 1.31 bits per heavy atom. The van der Waals surface area contributed by atoms with Crippen molar-refractivity contribution in [3.05, 3.63) is 60.2 Å². The highest BCUT2D eigenvalue weighted by Gasteiger charge is 2.29. The van der Waals surface area contributed by atoms with Crippen LogP contribution in [-0.4, -0.2) is 45.8 Å². The van der Waals surface area contributed by atoms with Crippen LogP contribution in [-0.2, 0) is 25.7 Å². The number of nitrogens with one attached hydrogen (secondary N) is 1. The van der Waals surface area contributed by atoms with E-state index >= 15 is 0 Å². The zero-order valence-corrected chi connectivity index (χ0v) is 18.8. The molecule has 1 heterocycles. The third-order valence-corrected chi connectivity index (χ3v) is 4.08. The van der Waals surface area contributed by atoms with E-state index in [1.54, 1.807) is 12.4 Å². The summed E-state index contributed by atoms with van der Waals surface area (Å²) >= 11 is 0. The van der Waals surface area contributed by atoms with Crippen LogP contribution >= 0.6 is 24.0 Å². The first-order valence-electron chi connectivity index (χ1n) is 8.98. The summed E-state index contributed by atoms with van der Waals surface area (Å²) in [7, 11) is 1.84. The minimum absolute atomic E-state index is 0. The average molecular weight is 522 g/mol. The Kier molecular flexibility index (Phi) is 10.1. The van der Waals surface area contributed by atoms with Gasteiger partial charge in [0.2, 0.25) is 0 Å². The quantitative estimate of drug-likeness (QED) is 0.249. The number of aryl methyl sites for hydroxylation is 1. The maximum Gasteiger partial charge on any atom is 0.416 e. The Balaban J connectivity index is 0.00000420. The second kappa shape index (κ2) is 11.8. The number of guanidine groups is 1. The predicted molar refractivity (Wildman–Crippen MR) is 118 cm³/mol. The van der Waals surface area contributed by atoms with Crippen LogP contribution in [0.15, 0.2) is 48.2 Å². The molecule has 0 radical (unpaired) electrons. The standard InChI is InChI=1S/C19H25F3N6.HI/c1-4-10-23-18(24-11-12-28-14-25-26-17(28)5-2)27(3)13-15-6-8-16(9-7-15)19(20,21)22;/h4,6-9,14H,1,5,10-13H2,2-3H3,(H,23,24);1H. The number of aromatic nitrogens is 3. The van der Waals surface area contributed by atoms with Gasteiger partial charge in [-0.2, -0.15) is 13.2 Å². The highest BCUT2D eigenvalue weighted by atomic mass is 127. The molecule has 0 unspecified atom stereocenters. The maximum absolute atomic E-state index is 12.7. The molecular formula is C19H26F3IN6. The van der Waals surface area contributed by atoms with Crippen molar-refractivity contribution in [2.24, 2.45) is 4.99 Å². The molecule has 1 aromatic carbocycles. The summed E-state index contributed by atoms with van der Waals surface area (Å²) in [5.41, 5.74) is 0.105. The van der Waals surface area contributed by atoms with Crippen LogP contribution in [0.25, 0.3) is 0 Å². The van der Waals surface area contributed by atoms with Crippen molar-refractivity contribution in [1.82, 2.24) is 25.0 Å². The molecule has 0 aliphatic heterocycles. The van der Waals surface area contributed by atoms with Crippen molar-refractivity contribution in [2.45, 2.75) is 32.6 Å². The summed E-state index contributed by atoms with van der Waals surface area (Å²) in [5.74, 6) is 1.54. The van der Waals surface area contributed by atoms with E-state index in [1.807, 2.05) is 23.4 Å². The Hall–Kier alpha value is -2.11. The van der Waals surface area contributed by atoms with Crippen LogP contribution in [0, 0.1) is 0 Å². The summed E-state index contributed by atoms with van der Waals surface area (Å²) in [6, 6.07) is 5.15. The second-order valence-corrected chi connectivity index (χ2v) is 6.22. The summed E-state index contributed by atoms with van der Waals surface area (Å²) in [4.78, 5) is 6.45. The van der Waals surface area contributed by atoms with Crippen molar-refractivity contribution in [2.75, 3.05) is 20.1 Å². The lowest BCUT2D eigenvalue weighted by molar-refractivity contribution is -0.137. The van der Waals surface area contributed by atoms with Crippen LogP contribution in [0.4, 0.5) is 13.2 Å². The smallest absolute Gasteiger partial charge is 0.353 e. The Morgan fingerprint density at radius 3 is 2.59 bits per heavy atom. The van der Waals surface area contributed by atoms with Crippen molar-refractivity contribution >= 4 is 29.9 Å². The van der Waals surface area contributed by atoms with Crippen LogP contribution in [0.5, 0.6) is 0 Å². The van der Waals surface area contributed by atoms with Crippen LogP contribution in [0.3, 0.4) is 0 Å². The first kappa shape index (κ1) is 24.9. The zero-order valence-electron chi connectivity index (χ0n) is 16.5. The molecule has 1 N–H and O–H groups in total. The molecule has 0 spiro atoms. The number of alkyl halides is 3. The lowest BCUT2D eigenvalue weighted by Gasteiger charge is -2.22. The molecule has 10 heteroatoms. The highest BCUT2D eigenvalue weighted by Crippen LogP contribution is 2.29. The fraction of sp³-hybridized carbons (Fsp3) is 0.421. The normalized spacial score (nSPS) is 11.7. The number of rotatable bonds is 8. The van der Waals surface area contributed by atoms with Crippen LogP contribution in [0.1, 0.15) is 23.9 Å². The second-order valence-electron chi connectivity index (χ2n) is 6.22. The van der Waals surface area contributed by atoms with Gasteiger partial charge in [0.05, 0.1) is 12.1 Å². The van der Waals surface area contributed by atoms with Gasteiger partial charge in [0.1, 0.15) is 12.2 Å². The third kappa shape index (κ3) is 7.67. The minimum atomic E-state index is -4.33. The molecule has 2 rings (SSSR count). The topological polar surface area (TPSA) is 58.3 Å². The van der Waals surface area contributed by atoms with E-state index in [4.69, 9.17) is 0 Å². The molecule has 1 aromatic heterocycles. The molecule has 0 aliphatic carbocycles. The third-order valence-electron chi connectivity index (χ3n) is 4.08. The van der Waals surface area contributed by atoms with Gasteiger partial charge >= 0.3 is 6.18 Å². The van der Waals surface area contributed by atoms with Crippen molar-refractivity contribution in [1.29, 1.82) is 0 Å². The molecule has 160 valence electrons. The molecular weight excluding hydrogens is 496 g/mol. The van der Waals surface area contributed by atoms with Crippen molar-refractivity contribution < 1.29 is 13.2 Å². The molecule has 0 amide bonds. The van der Waals surface area contributed by atoms with Crippen LogP contribution < -0.4 is 5.32 Å². The Morgan fingerprint density at radius 2 is 2.00 bits per heavy atom. The lowest BCUT2D eigenvalue weighted by Crippen LogP contribution is -2.39. The summed E-state index contributed by atoms with van der Waals surface area (Å²) in [6.07, 6.45) is -0.144. The molecule has 0 saturated heterocycles. The van der Waals surface area contributed by atoms with E-state index in [0.29, 0.717) is 32.1 Å². The van der Waals surface area contributed by atoms with Crippen LogP contribution in [0.2, 0.25) is 0 Å². The van der Waals surface area contributed by atoms with Gasteiger partial charge in [-0.15, -0.1) is 40.8 Å². The van der Waals surface area contributed by atoms with Gasteiger partial charge in [0.15, 0.2) is 5.96 Å². The molecule has 0 saturated carbocycles. The largest absolute Gasteiger partial charge is 0.416 e. The van der Waals surface area contributed by atoms with Gasteiger partial charge in [0.25, 0.3) is 0 Å². The fourth-order valence-electron chi connectivity index (χ4n) is 2.63. The SMILES string of the molecule is C=CCNC(=NCCn1cnnc1CC)N(C)Cc1ccc(C(F)(F)F)cc1.I. The Bertz CT molecular complexity index is 786. The molecule has 6 nitrogen and oxygen atoms in total. The van der Waals surface area contributed by atoms with E-state index < -0.39 is 11.7 Å². The number of hydrogen-bond donors (Lipinski definition) is 1. The van der Waals surface area contributed by atoms with E-state index in [2.05, 4.69) is 27.1 Å². The molecule has 2 aromatic rings. The molecule has 0 aliphatic rings. The zero-order chi connectivity index (χ0) is 20.6. The highest BCUT2D eigenvalue weighted by molar-refractivity contribution is 14.0. The van der Waals surface area contributed by atoms with E-state index in [0.717, 1.165) is 29.9 Å². The van der Waals surface area contributed by atoms with Gasteiger partial charge < -0.3 is 14.8 Å². The van der Waals surface area contributed by atoms with Gasteiger partial charge in [-0.05, 0) is 17.7 Å². The average Bonchev–Trinajstić information content (AvgIpc) is 3.11. The van der Waals surface area contributed by atoms with Crippen molar-refractivity contribution in [3.63, 3.8) is 0 Å². The van der Waals surface area contributed by atoms with Gasteiger partial charge in [-0.25, -0.2) is 0 Å². The number of benzene rings is 1. The predicted octanol–water partition coefficient (Wildman–Crippen LogP) is 3.74. The summed E-state index contributed by atoms with van der Waals surface area (Å²) < 4.78 is 40.0. The van der Waals surface area contributed by atoms with E-state index in [-0.39, 0.29) is 24.0 Å². The van der Waals surface area contributed by atoms with E-state index in [9.17, 15) is 13.2 Å². The number of nitrogens with zero attached hydrogens (tertiary/aromatic N) is 5. The number of aliphatic imine (C=N–C) groups is 1.